The van der Waals surface area contributed by atoms with E-state index in [0.29, 0.717) is 6.42 Å². The maximum absolute atomic E-state index is 13.0. The van der Waals surface area contributed by atoms with E-state index >= 15 is 0 Å². The zero-order chi connectivity index (χ0) is 26.4. The number of unbranched alkanes of at least 4 members (excludes halogenated alkanes) is 2. The van der Waals surface area contributed by atoms with E-state index in [1.54, 1.807) is 7.11 Å². The van der Waals surface area contributed by atoms with Gasteiger partial charge in [0.1, 0.15) is 5.75 Å². The molecule has 1 saturated heterocycles. The summed E-state index contributed by atoms with van der Waals surface area (Å²) in [5, 5.41) is 3.44. The van der Waals surface area contributed by atoms with Crippen LogP contribution in [0.3, 0.4) is 0 Å². The number of rotatable bonds is 12. The van der Waals surface area contributed by atoms with Gasteiger partial charge in [0.05, 0.1) is 12.7 Å². The number of amides is 1. The van der Waals surface area contributed by atoms with Crippen LogP contribution in [0.2, 0.25) is 0 Å². The number of carbonyl (C=O) groups excluding carboxylic acids is 1. The van der Waals surface area contributed by atoms with Crippen molar-refractivity contribution in [1.29, 1.82) is 0 Å². The van der Waals surface area contributed by atoms with Gasteiger partial charge in [-0.3, -0.25) is 4.79 Å². The van der Waals surface area contributed by atoms with E-state index in [1.165, 1.54) is 30.5 Å². The normalized spacial score (nSPS) is 27.5. The van der Waals surface area contributed by atoms with Gasteiger partial charge in [0, 0.05) is 38.1 Å². The molecule has 5 rings (SSSR count). The van der Waals surface area contributed by atoms with Crippen molar-refractivity contribution in [2.45, 2.75) is 87.7 Å². The number of fused-ring (bicyclic) bond motifs is 1. The number of methoxy groups -OCH3 is 2. The third kappa shape index (κ3) is 6.10. The first-order valence-electron chi connectivity index (χ1n) is 14.8. The van der Waals surface area contributed by atoms with Gasteiger partial charge in [-0.15, -0.1) is 0 Å². The maximum Gasteiger partial charge on any atom is 0.220 e. The monoisotopic (exact) mass is 518 g/mol. The molecular weight excluding hydrogens is 472 g/mol. The van der Waals surface area contributed by atoms with E-state index in [4.69, 9.17) is 9.47 Å². The largest absolute Gasteiger partial charge is 0.497 e. The van der Waals surface area contributed by atoms with Crippen molar-refractivity contribution in [3.8, 4) is 5.75 Å². The van der Waals surface area contributed by atoms with Gasteiger partial charge in [0.2, 0.25) is 5.91 Å². The highest BCUT2D eigenvalue weighted by molar-refractivity contribution is 5.76. The standard InChI is InChI=1S/C33H46N2O3/c1-37-30-14-9-13-28(22-30)32-20-21-35(24-27-16-17-27)25-33(32,38-2)19-18-29(23-32)34-31(36)15-8-4-7-12-26-10-5-3-6-11-26/h3,5-6,9-11,13-14,22,27,29H,4,7-8,12,15-21,23-25H2,1-2H3,(H,34,36)/t29-,32+,33+/m1/s1. The summed E-state index contributed by atoms with van der Waals surface area (Å²) in [6.07, 6.45) is 11.5. The Balaban J connectivity index is 1.23. The third-order valence-electron chi connectivity index (χ3n) is 9.50. The first-order chi connectivity index (χ1) is 18.6. The van der Waals surface area contributed by atoms with Crippen molar-refractivity contribution in [3.63, 3.8) is 0 Å². The van der Waals surface area contributed by atoms with Crippen LogP contribution in [0.25, 0.3) is 0 Å². The minimum Gasteiger partial charge on any atom is -0.497 e. The van der Waals surface area contributed by atoms with Crippen LogP contribution in [-0.2, 0) is 21.4 Å². The highest BCUT2D eigenvalue weighted by atomic mass is 16.5. The van der Waals surface area contributed by atoms with Gasteiger partial charge in [0.15, 0.2) is 0 Å². The van der Waals surface area contributed by atoms with E-state index in [2.05, 4.69) is 58.7 Å². The van der Waals surface area contributed by atoms with Crippen LogP contribution in [0.4, 0.5) is 0 Å². The molecule has 0 aromatic heterocycles. The lowest BCUT2D eigenvalue weighted by Crippen LogP contribution is -2.68. The summed E-state index contributed by atoms with van der Waals surface area (Å²) in [7, 11) is 3.65. The van der Waals surface area contributed by atoms with Crippen LogP contribution in [0.1, 0.15) is 75.3 Å². The number of nitrogens with zero attached hydrogens (tertiary/aromatic N) is 1. The van der Waals surface area contributed by atoms with Gasteiger partial charge in [-0.1, -0.05) is 48.9 Å². The minimum absolute atomic E-state index is 0.137. The van der Waals surface area contributed by atoms with Crippen LogP contribution in [-0.4, -0.2) is 56.3 Å². The smallest absolute Gasteiger partial charge is 0.220 e. The first-order valence-corrected chi connectivity index (χ1v) is 14.8. The molecule has 0 spiro atoms. The van der Waals surface area contributed by atoms with Gasteiger partial charge in [-0.05, 0) is 93.5 Å². The highest BCUT2D eigenvalue weighted by Gasteiger charge is 2.59. The average Bonchev–Trinajstić information content (AvgIpc) is 3.77. The number of hydrogen-bond donors (Lipinski definition) is 1. The summed E-state index contributed by atoms with van der Waals surface area (Å²) in [5.74, 6) is 1.96. The zero-order valence-electron chi connectivity index (χ0n) is 23.4. The fourth-order valence-corrected chi connectivity index (χ4v) is 7.19. The molecule has 2 aliphatic carbocycles. The molecule has 2 aromatic rings. The number of likely N-dealkylation sites (tertiary alicyclic amines) is 1. The second kappa shape index (κ2) is 12.2. The Hall–Kier alpha value is -2.37. The Morgan fingerprint density at radius 3 is 2.61 bits per heavy atom. The quantitative estimate of drug-likeness (QED) is 0.355. The lowest BCUT2D eigenvalue weighted by molar-refractivity contribution is -0.151. The highest BCUT2D eigenvalue weighted by Crippen LogP contribution is 2.54. The number of carbonyl (C=O) groups is 1. The summed E-state index contributed by atoms with van der Waals surface area (Å²) in [5.41, 5.74) is 2.30. The van der Waals surface area contributed by atoms with Gasteiger partial charge >= 0.3 is 0 Å². The number of ether oxygens (including phenoxy) is 2. The lowest BCUT2D eigenvalue weighted by atomic mass is 9.55. The van der Waals surface area contributed by atoms with Crippen molar-refractivity contribution in [1.82, 2.24) is 10.2 Å². The van der Waals surface area contributed by atoms with Crippen molar-refractivity contribution >= 4 is 5.91 Å². The van der Waals surface area contributed by atoms with Gasteiger partial charge in [-0.25, -0.2) is 0 Å². The van der Waals surface area contributed by atoms with Crippen LogP contribution in [0.5, 0.6) is 5.75 Å². The summed E-state index contributed by atoms with van der Waals surface area (Å²) in [6.45, 7) is 3.25. The summed E-state index contributed by atoms with van der Waals surface area (Å²) >= 11 is 0. The maximum atomic E-state index is 13.0. The van der Waals surface area contributed by atoms with Crippen LogP contribution in [0.15, 0.2) is 54.6 Å². The van der Waals surface area contributed by atoms with Crippen molar-refractivity contribution in [3.05, 3.63) is 65.7 Å². The molecule has 1 heterocycles. The molecule has 2 saturated carbocycles. The van der Waals surface area contributed by atoms with E-state index < -0.39 is 0 Å². The molecule has 0 unspecified atom stereocenters. The molecule has 5 nitrogen and oxygen atoms in total. The van der Waals surface area contributed by atoms with E-state index in [-0.39, 0.29) is 23.0 Å². The van der Waals surface area contributed by atoms with Crippen molar-refractivity contribution in [2.75, 3.05) is 33.9 Å². The number of benzene rings is 2. The molecule has 3 atom stereocenters. The second-order valence-electron chi connectivity index (χ2n) is 12.0. The Bertz CT molecular complexity index is 1060. The van der Waals surface area contributed by atoms with Gasteiger partial charge in [0.25, 0.3) is 0 Å². The van der Waals surface area contributed by atoms with Crippen molar-refractivity contribution < 1.29 is 14.3 Å². The molecule has 0 bridgehead atoms. The number of nitrogens with one attached hydrogen (secondary N) is 1. The summed E-state index contributed by atoms with van der Waals surface area (Å²) in [4.78, 5) is 15.7. The second-order valence-corrected chi connectivity index (χ2v) is 12.0. The minimum atomic E-state index is -0.245. The van der Waals surface area contributed by atoms with E-state index in [1.807, 2.05) is 13.2 Å². The molecule has 2 aromatic carbocycles. The predicted octanol–water partition coefficient (Wildman–Crippen LogP) is 5.91. The molecule has 3 fully saturated rings. The average molecular weight is 519 g/mol. The first kappa shape index (κ1) is 27.2. The molecule has 3 aliphatic rings. The lowest BCUT2D eigenvalue weighted by Gasteiger charge is -2.60. The number of piperidine rings is 1. The zero-order valence-corrected chi connectivity index (χ0v) is 23.4. The topological polar surface area (TPSA) is 50.8 Å². The molecule has 206 valence electrons. The van der Waals surface area contributed by atoms with Crippen LogP contribution >= 0.6 is 0 Å². The van der Waals surface area contributed by atoms with Crippen LogP contribution in [0, 0.1) is 5.92 Å². The molecule has 1 N–H and O–H groups in total. The van der Waals surface area contributed by atoms with E-state index in [0.717, 1.165) is 76.1 Å². The molecule has 5 heteroatoms. The SMILES string of the molecule is COc1cccc([C@@]23CCN(CC4CC4)C[C@@]2(OC)CC[C@@H](NC(=O)CCCCCc2ccccc2)C3)c1. The Morgan fingerprint density at radius 2 is 1.84 bits per heavy atom. The van der Waals surface area contributed by atoms with Gasteiger partial charge < -0.3 is 19.7 Å². The predicted molar refractivity (Wildman–Crippen MR) is 153 cm³/mol. The Morgan fingerprint density at radius 1 is 1.00 bits per heavy atom. The number of aryl methyl sites for hydroxylation is 1. The van der Waals surface area contributed by atoms with Gasteiger partial charge in [-0.2, -0.15) is 0 Å². The number of hydrogen-bond acceptors (Lipinski definition) is 4. The Kier molecular flexibility index (Phi) is 8.74. The van der Waals surface area contributed by atoms with Crippen molar-refractivity contribution in [2.24, 2.45) is 5.92 Å². The molecule has 1 aliphatic heterocycles. The molecule has 1 amide bonds. The Labute approximate surface area is 229 Å². The third-order valence-corrected chi connectivity index (χ3v) is 9.50. The fraction of sp³-hybridized carbons (Fsp3) is 0.606. The molecule has 0 radical (unpaired) electrons. The fourth-order valence-electron chi connectivity index (χ4n) is 7.19. The van der Waals surface area contributed by atoms with Crippen LogP contribution < -0.4 is 10.1 Å². The summed E-state index contributed by atoms with van der Waals surface area (Å²) < 4.78 is 12.2. The molecular formula is C33H46N2O3. The van der Waals surface area contributed by atoms with E-state index in [9.17, 15) is 4.79 Å². The molecule has 38 heavy (non-hydrogen) atoms. The summed E-state index contributed by atoms with van der Waals surface area (Å²) in [6, 6.07) is 19.4.